The third kappa shape index (κ3) is 6.01. The normalized spacial score (nSPS) is 23.9. The summed E-state index contributed by atoms with van der Waals surface area (Å²) in [6.45, 7) is 2.49. The summed E-state index contributed by atoms with van der Waals surface area (Å²) in [7, 11) is -1.73. The number of hydrogen-bond donors (Lipinski definition) is 2. The number of hydrogen-bond acceptors (Lipinski definition) is 7. The Morgan fingerprint density at radius 3 is 2.31 bits per heavy atom. The molecule has 1 atom stereocenters. The van der Waals surface area contributed by atoms with Crippen LogP contribution in [0.5, 0.6) is 0 Å². The monoisotopic (exact) mass is 522 g/mol. The van der Waals surface area contributed by atoms with E-state index >= 15 is 0 Å². The molecular formula is C25H38N4O6S. The highest BCUT2D eigenvalue weighted by Crippen LogP contribution is 2.36. The molecule has 3 saturated heterocycles. The SMILES string of the molecule is CN1CCCC1COC(=O)N1CCC(CS(=O)(=O)N2CCC(c3ccccc3)CC2)(C(=O)NO)CC1. The van der Waals surface area contributed by atoms with E-state index in [1.54, 1.807) is 5.48 Å². The molecule has 200 valence electrons. The first-order chi connectivity index (χ1) is 17.2. The second-order valence-electron chi connectivity index (χ2n) is 10.4. The number of amides is 2. The summed E-state index contributed by atoms with van der Waals surface area (Å²) >= 11 is 0. The van der Waals surface area contributed by atoms with Crippen LogP contribution in [0, 0.1) is 5.41 Å². The number of ether oxygens (including phenoxy) is 1. The first-order valence-corrected chi connectivity index (χ1v) is 14.4. The van der Waals surface area contributed by atoms with Crippen molar-refractivity contribution in [2.24, 2.45) is 5.41 Å². The molecule has 1 aromatic carbocycles. The van der Waals surface area contributed by atoms with E-state index in [1.807, 2.05) is 25.2 Å². The Kier molecular flexibility index (Phi) is 8.54. The number of piperidine rings is 2. The van der Waals surface area contributed by atoms with Crippen molar-refractivity contribution in [3.05, 3.63) is 35.9 Å². The Morgan fingerprint density at radius 2 is 1.72 bits per heavy atom. The van der Waals surface area contributed by atoms with Gasteiger partial charge in [-0.05, 0) is 63.6 Å². The summed E-state index contributed by atoms with van der Waals surface area (Å²) in [5.74, 6) is -0.797. The van der Waals surface area contributed by atoms with Crippen molar-refractivity contribution >= 4 is 22.0 Å². The van der Waals surface area contributed by atoms with Gasteiger partial charge in [-0.3, -0.25) is 10.0 Å². The molecule has 0 radical (unpaired) electrons. The summed E-state index contributed by atoms with van der Waals surface area (Å²) in [4.78, 5) is 29.0. The van der Waals surface area contributed by atoms with Gasteiger partial charge in [-0.15, -0.1) is 0 Å². The fourth-order valence-electron chi connectivity index (χ4n) is 5.75. The van der Waals surface area contributed by atoms with E-state index < -0.39 is 33.2 Å². The molecule has 0 saturated carbocycles. The molecule has 3 fully saturated rings. The summed E-state index contributed by atoms with van der Waals surface area (Å²) < 4.78 is 33.7. The maximum absolute atomic E-state index is 13.4. The maximum atomic E-state index is 13.4. The smallest absolute Gasteiger partial charge is 0.409 e. The topological polar surface area (TPSA) is 119 Å². The van der Waals surface area contributed by atoms with Gasteiger partial charge in [0.25, 0.3) is 5.91 Å². The zero-order chi connectivity index (χ0) is 25.8. The average Bonchev–Trinajstić information content (AvgIpc) is 3.32. The molecule has 1 unspecified atom stereocenters. The summed E-state index contributed by atoms with van der Waals surface area (Å²) in [5.41, 5.74) is 1.59. The highest BCUT2D eigenvalue weighted by molar-refractivity contribution is 7.89. The van der Waals surface area contributed by atoms with Crippen molar-refractivity contribution in [3.63, 3.8) is 0 Å². The van der Waals surface area contributed by atoms with Crippen molar-refractivity contribution in [2.75, 3.05) is 52.1 Å². The lowest BCUT2D eigenvalue weighted by Crippen LogP contribution is -2.54. The van der Waals surface area contributed by atoms with Gasteiger partial charge in [0.2, 0.25) is 10.0 Å². The van der Waals surface area contributed by atoms with Crippen LogP contribution in [0.2, 0.25) is 0 Å². The first-order valence-electron chi connectivity index (χ1n) is 12.8. The lowest BCUT2D eigenvalue weighted by atomic mass is 9.79. The number of benzene rings is 1. The molecule has 0 bridgehead atoms. The van der Waals surface area contributed by atoms with Gasteiger partial charge >= 0.3 is 6.09 Å². The molecule has 0 aromatic heterocycles. The number of sulfonamides is 1. The standard InChI is InChI=1S/C25H38N4O6S/c1-27-13-5-8-22(27)18-35-24(31)28-16-11-25(12-17-28,23(30)26-32)19-36(33,34)29-14-9-21(10-15-29)20-6-3-2-4-7-20/h2-4,6-7,21-22,32H,5,8-19H2,1H3,(H,26,30). The van der Waals surface area contributed by atoms with E-state index in [9.17, 15) is 23.2 Å². The maximum Gasteiger partial charge on any atom is 0.409 e. The molecule has 36 heavy (non-hydrogen) atoms. The van der Waals surface area contributed by atoms with E-state index in [1.165, 1.54) is 14.8 Å². The van der Waals surface area contributed by atoms with E-state index in [4.69, 9.17) is 4.74 Å². The van der Waals surface area contributed by atoms with Gasteiger partial charge in [-0.2, -0.15) is 0 Å². The third-order valence-electron chi connectivity index (χ3n) is 8.21. The fraction of sp³-hybridized carbons (Fsp3) is 0.680. The first kappa shape index (κ1) is 26.8. The van der Waals surface area contributed by atoms with Crippen LogP contribution in [0.3, 0.4) is 0 Å². The number of likely N-dealkylation sites (N-methyl/N-ethyl adjacent to an activating group) is 1. The van der Waals surface area contributed by atoms with E-state index in [-0.39, 0.29) is 32.0 Å². The molecule has 2 amide bonds. The zero-order valence-electron chi connectivity index (χ0n) is 21.0. The molecule has 10 nitrogen and oxygen atoms in total. The highest BCUT2D eigenvalue weighted by atomic mass is 32.2. The van der Waals surface area contributed by atoms with Gasteiger partial charge in [-0.25, -0.2) is 23.0 Å². The van der Waals surface area contributed by atoms with Gasteiger partial charge in [0, 0.05) is 32.2 Å². The van der Waals surface area contributed by atoms with E-state index in [2.05, 4.69) is 17.0 Å². The number of carbonyl (C=O) groups excluding carboxylic acids is 2. The van der Waals surface area contributed by atoms with Crippen molar-refractivity contribution in [3.8, 4) is 0 Å². The Balaban J connectivity index is 1.34. The average molecular weight is 523 g/mol. The molecule has 0 spiro atoms. The predicted molar refractivity (Wildman–Crippen MR) is 134 cm³/mol. The summed E-state index contributed by atoms with van der Waals surface area (Å²) in [5, 5.41) is 9.41. The van der Waals surface area contributed by atoms with Gasteiger partial charge in [0.05, 0.1) is 11.2 Å². The molecule has 3 aliphatic rings. The fourth-order valence-corrected chi connectivity index (χ4v) is 7.82. The van der Waals surface area contributed by atoms with Crippen LogP contribution in [0.4, 0.5) is 4.79 Å². The van der Waals surface area contributed by atoms with Crippen LogP contribution in [-0.2, 0) is 19.6 Å². The van der Waals surface area contributed by atoms with Crippen LogP contribution in [0.1, 0.15) is 50.0 Å². The quantitative estimate of drug-likeness (QED) is 0.415. The van der Waals surface area contributed by atoms with Gasteiger partial charge in [-0.1, -0.05) is 30.3 Å². The lowest BCUT2D eigenvalue weighted by Gasteiger charge is -2.41. The molecule has 2 N–H and O–H groups in total. The minimum Gasteiger partial charge on any atom is -0.448 e. The van der Waals surface area contributed by atoms with Crippen LogP contribution in [0.15, 0.2) is 30.3 Å². The number of nitrogens with one attached hydrogen (secondary N) is 1. The van der Waals surface area contributed by atoms with Gasteiger partial charge < -0.3 is 14.5 Å². The van der Waals surface area contributed by atoms with Crippen molar-refractivity contribution in [2.45, 2.75) is 50.5 Å². The molecular weight excluding hydrogens is 484 g/mol. The number of rotatable bonds is 7. The minimum absolute atomic E-state index is 0.136. The van der Waals surface area contributed by atoms with Crippen LogP contribution < -0.4 is 5.48 Å². The van der Waals surface area contributed by atoms with Gasteiger partial charge in [0.15, 0.2) is 0 Å². The molecule has 11 heteroatoms. The van der Waals surface area contributed by atoms with Crippen molar-refractivity contribution in [1.82, 2.24) is 19.6 Å². The third-order valence-corrected chi connectivity index (χ3v) is 10.3. The number of carbonyl (C=O) groups is 2. The predicted octanol–water partition coefficient (Wildman–Crippen LogP) is 2.01. The summed E-state index contributed by atoms with van der Waals surface area (Å²) in [6, 6.07) is 10.3. The molecule has 4 rings (SSSR count). The van der Waals surface area contributed by atoms with Crippen molar-refractivity contribution in [1.29, 1.82) is 0 Å². The molecule has 0 aliphatic carbocycles. The largest absolute Gasteiger partial charge is 0.448 e. The second-order valence-corrected chi connectivity index (χ2v) is 12.4. The highest BCUT2D eigenvalue weighted by Gasteiger charge is 2.47. The number of nitrogens with zero attached hydrogens (tertiary/aromatic N) is 3. The Bertz CT molecular complexity index is 1000. The van der Waals surface area contributed by atoms with E-state index in [0.29, 0.717) is 25.6 Å². The van der Waals surface area contributed by atoms with Crippen LogP contribution >= 0.6 is 0 Å². The van der Waals surface area contributed by atoms with Gasteiger partial charge in [0.1, 0.15) is 6.61 Å². The number of hydroxylamine groups is 1. The Morgan fingerprint density at radius 1 is 1.06 bits per heavy atom. The molecule has 3 heterocycles. The zero-order valence-corrected chi connectivity index (χ0v) is 21.8. The lowest BCUT2D eigenvalue weighted by molar-refractivity contribution is -0.141. The Labute approximate surface area is 213 Å². The molecule has 1 aromatic rings. The second kappa shape index (κ2) is 11.5. The van der Waals surface area contributed by atoms with E-state index in [0.717, 1.165) is 32.2 Å². The summed E-state index contributed by atoms with van der Waals surface area (Å²) in [6.07, 6.45) is 3.34. The Hall–Kier alpha value is -2.21. The van der Waals surface area contributed by atoms with Crippen molar-refractivity contribution < 1.29 is 28.0 Å². The van der Waals surface area contributed by atoms with Crippen LogP contribution in [0.25, 0.3) is 0 Å². The number of likely N-dealkylation sites (tertiary alicyclic amines) is 2. The van der Waals surface area contributed by atoms with Crippen LogP contribution in [-0.4, -0.2) is 97.9 Å². The minimum atomic E-state index is -3.75. The molecule has 3 aliphatic heterocycles.